The van der Waals surface area contributed by atoms with Crippen molar-refractivity contribution < 1.29 is 13.9 Å². The van der Waals surface area contributed by atoms with Crippen LogP contribution in [0.5, 0.6) is 5.75 Å². The standard InChI is InChI=1S/C19H17N5O3/c1-12(18-21-7-8-22-18)23-19(25)16-10-27-17(24-16)11-26-14-4-5-15-13(9-14)3-2-6-20-15/h2-10,12H,11H2,1H3,(H,21,22)(H,23,25)/t12-/m1/s1. The number of nitrogens with zero attached hydrogens (tertiary/aromatic N) is 3. The van der Waals surface area contributed by atoms with Gasteiger partial charge in [-0.2, -0.15) is 0 Å². The summed E-state index contributed by atoms with van der Waals surface area (Å²) in [7, 11) is 0. The average molecular weight is 363 g/mol. The van der Waals surface area contributed by atoms with Crippen LogP contribution >= 0.6 is 0 Å². The first-order valence-corrected chi connectivity index (χ1v) is 8.41. The molecular formula is C19H17N5O3. The zero-order valence-electron chi connectivity index (χ0n) is 14.5. The fraction of sp³-hybridized carbons (Fsp3) is 0.158. The first kappa shape index (κ1) is 16.8. The van der Waals surface area contributed by atoms with Gasteiger partial charge in [-0.25, -0.2) is 9.97 Å². The van der Waals surface area contributed by atoms with E-state index in [1.54, 1.807) is 18.6 Å². The zero-order chi connectivity index (χ0) is 18.6. The number of imidazole rings is 1. The van der Waals surface area contributed by atoms with Gasteiger partial charge in [-0.15, -0.1) is 0 Å². The van der Waals surface area contributed by atoms with E-state index in [4.69, 9.17) is 9.15 Å². The lowest BCUT2D eigenvalue weighted by Gasteiger charge is -2.09. The number of benzene rings is 1. The number of H-pyrrole nitrogens is 1. The molecule has 0 saturated carbocycles. The van der Waals surface area contributed by atoms with Crippen molar-refractivity contribution in [3.05, 3.63) is 72.6 Å². The second-order valence-corrected chi connectivity index (χ2v) is 5.94. The first-order chi connectivity index (χ1) is 13.2. The summed E-state index contributed by atoms with van der Waals surface area (Å²) in [6.07, 6.45) is 6.39. The van der Waals surface area contributed by atoms with E-state index in [1.807, 2.05) is 37.3 Å². The number of oxazole rings is 1. The number of nitrogens with one attached hydrogen (secondary N) is 2. The molecule has 2 N–H and O–H groups in total. The normalized spacial score (nSPS) is 12.0. The Bertz CT molecular complexity index is 1060. The van der Waals surface area contributed by atoms with Crippen molar-refractivity contribution in [3.63, 3.8) is 0 Å². The van der Waals surface area contributed by atoms with Crippen molar-refractivity contribution >= 4 is 16.8 Å². The summed E-state index contributed by atoms with van der Waals surface area (Å²) >= 11 is 0. The number of aromatic nitrogens is 4. The van der Waals surface area contributed by atoms with Crippen LogP contribution in [-0.4, -0.2) is 25.8 Å². The molecule has 8 heteroatoms. The van der Waals surface area contributed by atoms with Gasteiger partial charge in [-0.3, -0.25) is 9.78 Å². The molecule has 0 aliphatic rings. The highest BCUT2D eigenvalue weighted by Crippen LogP contribution is 2.20. The maximum atomic E-state index is 12.3. The summed E-state index contributed by atoms with van der Waals surface area (Å²) in [6.45, 7) is 1.95. The van der Waals surface area contributed by atoms with Gasteiger partial charge in [-0.1, -0.05) is 6.07 Å². The van der Waals surface area contributed by atoms with Gasteiger partial charge in [0, 0.05) is 24.0 Å². The summed E-state index contributed by atoms with van der Waals surface area (Å²) in [5.41, 5.74) is 1.08. The van der Waals surface area contributed by atoms with Gasteiger partial charge >= 0.3 is 0 Å². The van der Waals surface area contributed by atoms with Gasteiger partial charge in [0.25, 0.3) is 5.91 Å². The van der Waals surface area contributed by atoms with E-state index in [0.29, 0.717) is 17.5 Å². The summed E-state index contributed by atoms with van der Waals surface area (Å²) < 4.78 is 11.0. The Morgan fingerprint density at radius 3 is 3.07 bits per heavy atom. The number of aromatic amines is 1. The molecule has 1 amide bonds. The van der Waals surface area contributed by atoms with Crippen molar-refractivity contribution in [1.82, 2.24) is 25.3 Å². The molecule has 136 valence electrons. The Balaban J connectivity index is 1.37. The van der Waals surface area contributed by atoms with Crippen molar-refractivity contribution in [1.29, 1.82) is 0 Å². The highest BCUT2D eigenvalue weighted by atomic mass is 16.5. The molecule has 0 aliphatic heterocycles. The lowest BCUT2D eigenvalue weighted by Crippen LogP contribution is -2.27. The first-order valence-electron chi connectivity index (χ1n) is 8.41. The van der Waals surface area contributed by atoms with E-state index in [2.05, 4.69) is 25.3 Å². The molecule has 0 fully saturated rings. The van der Waals surface area contributed by atoms with E-state index in [9.17, 15) is 4.79 Å². The van der Waals surface area contributed by atoms with Crippen LogP contribution in [-0.2, 0) is 6.61 Å². The predicted octanol–water partition coefficient (Wildman–Crippen LogP) is 3.02. The number of ether oxygens (including phenoxy) is 1. The molecule has 27 heavy (non-hydrogen) atoms. The fourth-order valence-corrected chi connectivity index (χ4v) is 2.62. The number of carbonyl (C=O) groups is 1. The molecule has 1 aromatic carbocycles. The summed E-state index contributed by atoms with van der Waals surface area (Å²) in [6, 6.07) is 9.17. The number of rotatable bonds is 6. The van der Waals surface area contributed by atoms with E-state index in [1.165, 1.54) is 6.26 Å². The number of amides is 1. The summed E-state index contributed by atoms with van der Waals surface area (Å²) in [5.74, 6) is 1.31. The fourth-order valence-electron chi connectivity index (χ4n) is 2.62. The van der Waals surface area contributed by atoms with Crippen molar-refractivity contribution in [2.75, 3.05) is 0 Å². The van der Waals surface area contributed by atoms with Gasteiger partial charge in [0.05, 0.1) is 11.6 Å². The largest absolute Gasteiger partial charge is 0.484 e. The number of carbonyl (C=O) groups excluding carboxylic acids is 1. The molecule has 3 aromatic heterocycles. The highest BCUT2D eigenvalue weighted by molar-refractivity contribution is 5.92. The van der Waals surface area contributed by atoms with Crippen LogP contribution in [0.25, 0.3) is 10.9 Å². The van der Waals surface area contributed by atoms with Crippen LogP contribution in [0.1, 0.15) is 35.2 Å². The van der Waals surface area contributed by atoms with Gasteiger partial charge in [-0.05, 0) is 31.2 Å². The van der Waals surface area contributed by atoms with Crippen molar-refractivity contribution in [3.8, 4) is 5.75 Å². The summed E-state index contributed by atoms with van der Waals surface area (Å²) in [5, 5.41) is 3.78. The van der Waals surface area contributed by atoms with Gasteiger partial charge in [0.2, 0.25) is 5.89 Å². The van der Waals surface area contributed by atoms with E-state index < -0.39 is 0 Å². The van der Waals surface area contributed by atoms with Gasteiger partial charge < -0.3 is 19.5 Å². The third-order valence-electron chi connectivity index (χ3n) is 4.00. The molecule has 0 radical (unpaired) electrons. The molecule has 0 aliphatic carbocycles. The molecule has 8 nitrogen and oxygen atoms in total. The van der Waals surface area contributed by atoms with E-state index in [-0.39, 0.29) is 24.2 Å². The molecule has 4 rings (SSSR count). The van der Waals surface area contributed by atoms with Crippen LogP contribution in [0.4, 0.5) is 0 Å². The third-order valence-corrected chi connectivity index (χ3v) is 4.00. The molecule has 0 spiro atoms. The molecule has 4 aromatic rings. The van der Waals surface area contributed by atoms with Gasteiger partial charge in [0.15, 0.2) is 12.3 Å². The van der Waals surface area contributed by atoms with Crippen LogP contribution in [0, 0.1) is 0 Å². The molecule has 0 saturated heterocycles. The zero-order valence-corrected chi connectivity index (χ0v) is 14.5. The minimum absolute atomic E-state index is 0.118. The topological polar surface area (TPSA) is 106 Å². The highest BCUT2D eigenvalue weighted by Gasteiger charge is 2.17. The quantitative estimate of drug-likeness (QED) is 0.545. The number of hydrogen-bond acceptors (Lipinski definition) is 6. The van der Waals surface area contributed by atoms with Crippen LogP contribution in [0.2, 0.25) is 0 Å². The molecule has 1 atom stereocenters. The number of hydrogen-bond donors (Lipinski definition) is 2. The van der Waals surface area contributed by atoms with Crippen LogP contribution in [0.15, 0.2) is 59.6 Å². The SMILES string of the molecule is C[C@@H](NC(=O)c1coc(COc2ccc3ncccc3c2)n1)c1ncc[nH]1. The Morgan fingerprint density at radius 1 is 1.30 bits per heavy atom. The minimum atomic E-state index is -0.342. The van der Waals surface area contributed by atoms with E-state index >= 15 is 0 Å². The number of fused-ring (bicyclic) bond motifs is 1. The second kappa shape index (κ2) is 7.28. The molecular weight excluding hydrogens is 346 g/mol. The molecule has 0 bridgehead atoms. The number of pyridine rings is 1. The van der Waals surface area contributed by atoms with Crippen LogP contribution in [0.3, 0.4) is 0 Å². The lowest BCUT2D eigenvalue weighted by atomic mass is 10.2. The second-order valence-electron chi connectivity index (χ2n) is 5.94. The Labute approximate surface area is 154 Å². The van der Waals surface area contributed by atoms with E-state index in [0.717, 1.165) is 10.9 Å². The lowest BCUT2D eigenvalue weighted by molar-refractivity contribution is 0.0933. The Kier molecular flexibility index (Phi) is 4.52. The van der Waals surface area contributed by atoms with Crippen LogP contribution < -0.4 is 10.1 Å². The van der Waals surface area contributed by atoms with Crippen molar-refractivity contribution in [2.24, 2.45) is 0 Å². The average Bonchev–Trinajstić information content (AvgIpc) is 3.38. The van der Waals surface area contributed by atoms with Gasteiger partial charge in [0.1, 0.15) is 17.8 Å². The predicted molar refractivity (Wildman–Crippen MR) is 97.0 cm³/mol. The minimum Gasteiger partial charge on any atom is -0.484 e. The monoisotopic (exact) mass is 363 g/mol. The maximum absolute atomic E-state index is 12.3. The molecule has 0 unspecified atom stereocenters. The Hall–Kier alpha value is -3.68. The smallest absolute Gasteiger partial charge is 0.273 e. The third kappa shape index (κ3) is 3.79. The molecule has 3 heterocycles. The Morgan fingerprint density at radius 2 is 2.22 bits per heavy atom. The maximum Gasteiger partial charge on any atom is 0.273 e. The van der Waals surface area contributed by atoms with Crippen molar-refractivity contribution in [2.45, 2.75) is 19.6 Å². The summed E-state index contributed by atoms with van der Waals surface area (Å²) in [4.78, 5) is 27.8.